The van der Waals surface area contributed by atoms with Gasteiger partial charge in [0.05, 0.1) is 11.4 Å². The van der Waals surface area contributed by atoms with Gasteiger partial charge in [-0.15, -0.1) is 0 Å². The molecule has 0 saturated carbocycles. The fourth-order valence-electron chi connectivity index (χ4n) is 9.60. The highest BCUT2D eigenvalue weighted by Gasteiger charge is 2.39. The Morgan fingerprint density at radius 2 is 0.780 bits per heavy atom. The molecule has 59 heavy (non-hydrogen) atoms. The molecule has 0 spiro atoms. The summed E-state index contributed by atoms with van der Waals surface area (Å²) in [7, 11) is 0. The molecular weight excluding hydrogens is 713 g/mol. The summed E-state index contributed by atoms with van der Waals surface area (Å²) < 4.78 is 0. The van der Waals surface area contributed by atoms with Crippen molar-refractivity contribution in [2.24, 2.45) is 0 Å². The van der Waals surface area contributed by atoms with E-state index in [1.54, 1.807) is 0 Å². The van der Waals surface area contributed by atoms with Crippen molar-refractivity contribution >= 4 is 21.5 Å². The minimum absolute atomic E-state index is 0.191. The zero-order valence-electron chi connectivity index (χ0n) is 33.0. The predicted octanol–water partition coefficient (Wildman–Crippen LogP) is 15.1. The van der Waals surface area contributed by atoms with Crippen molar-refractivity contribution in [3.05, 3.63) is 217 Å². The number of hydrogen-bond donors (Lipinski definition) is 0. The SMILES string of the molecule is CC1(C)c2c(cccc2-c2ccc(-c3cc(-c4ccccc4-c4ccc(-c5ccccc5)cc4)nc(-c4ccccc4)n3)c3ccccc23)-c2ccc3ccccc3c21. The predicted molar refractivity (Wildman–Crippen MR) is 247 cm³/mol. The van der Waals surface area contributed by atoms with Crippen molar-refractivity contribution < 1.29 is 0 Å². The molecule has 278 valence electrons. The number of aromatic nitrogens is 2. The maximum Gasteiger partial charge on any atom is 0.160 e. The smallest absolute Gasteiger partial charge is 0.160 e. The standard InChI is InChI=1S/C57H40N2/c1-57(2)54-43-22-10-9-18-39(43)32-33-51(54)50-27-15-26-49(55(50)57)46-34-35-48(45-24-13-12-23-44(45)46)53-36-52(58-56(59-53)41-19-7-4-8-20-41)47-25-14-11-21-42(47)40-30-28-38(29-31-40)37-16-5-3-6-17-37/h3-36H,1-2H3. The van der Waals surface area contributed by atoms with Crippen molar-refractivity contribution in [2.45, 2.75) is 19.3 Å². The van der Waals surface area contributed by atoms with Crippen LogP contribution in [0.3, 0.4) is 0 Å². The largest absolute Gasteiger partial charge is 0.228 e. The molecule has 2 nitrogen and oxygen atoms in total. The Labute approximate surface area is 345 Å². The summed E-state index contributed by atoms with van der Waals surface area (Å²) in [5.41, 5.74) is 17.3. The highest BCUT2D eigenvalue weighted by molar-refractivity contribution is 6.07. The Kier molecular flexibility index (Phi) is 8.20. The molecule has 0 aliphatic heterocycles. The molecule has 2 heteroatoms. The summed E-state index contributed by atoms with van der Waals surface area (Å²) in [6, 6.07) is 74.2. The fourth-order valence-corrected chi connectivity index (χ4v) is 9.60. The van der Waals surface area contributed by atoms with Crippen LogP contribution in [0, 0.1) is 0 Å². The number of fused-ring (bicyclic) bond motifs is 6. The zero-order valence-corrected chi connectivity index (χ0v) is 33.0. The second kappa shape index (κ2) is 13.9. The van der Waals surface area contributed by atoms with Gasteiger partial charge in [-0.1, -0.05) is 214 Å². The van der Waals surface area contributed by atoms with Crippen LogP contribution in [0.25, 0.3) is 100.0 Å². The van der Waals surface area contributed by atoms with Crippen LogP contribution in [0.1, 0.15) is 25.0 Å². The monoisotopic (exact) mass is 752 g/mol. The molecule has 1 heterocycles. The third kappa shape index (κ3) is 5.79. The van der Waals surface area contributed by atoms with Gasteiger partial charge >= 0.3 is 0 Å². The molecule has 1 aliphatic rings. The van der Waals surface area contributed by atoms with Gasteiger partial charge in [0.25, 0.3) is 0 Å². The molecule has 0 atom stereocenters. The lowest BCUT2D eigenvalue weighted by Crippen LogP contribution is -2.17. The molecule has 1 aromatic heterocycles. The Balaban J connectivity index is 1.07. The van der Waals surface area contributed by atoms with Crippen LogP contribution >= 0.6 is 0 Å². The fraction of sp³-hybridized carbons (Fsp3) is 0.0526. The first kappa shape index (κ1) is 34.8. The molecule has 11 rings (SSSR count). The third-order valence-electron chi connectivity index (χ3n) is 12.3. The van der Waals surface area contributed by atoms with Crippen molar-refractivity contribution in [3.63, 3.8) is 0 Å². The Morgan fingerprint density at radius 3 is 1.51 bits per heavy atom. The van der Waals surface area contributed by atoms with Gasteiger partial charge in [-0.05, 0) is 83.2 Å². The molecule has 0 radical (unpaired) electrons. The summed E-state index contributed by atoms with van der Waals surface area (Å²) in [5, 5.41) is 4.98. The lowest BCUT2D eigenvalue weighted by Gasteiger charge is -2.26. The van der Waals surface area contributed by atoms with Gasteiger partial charge in [0.1, 0.15) is 0 Å². The van der Waals surface area contributed by atoms with E-state index >= 15 is 0 Å². The average molecular weight is 753 g/mol. The van der Waals surface area contributed by atoms with Crippen LogP contribution in [-0.2, 0) is 5.41 Å². The van der Waals surface area contributed by atoms with E-state index in [4.69, 9.17) is 9.97 Å². The van der Waals surface area contributed by atoms with Crippen LogP contribution < -0.4 is 0 Å². The number of nitrogens with zero attached hydrogens (tertiary/aromatic N) is 2. The van der Waals surface area contributed by atoms with E-state index in [0.29, 0.717) is 5.82 Å². The number of rotatable bonds is 6. The van der Waals surface area contributed by atoms with Crippen molar-refractivity contribution in [3.8, 4) is 78.4 Å². The second-order valence-corrected chi connectivity index (χ2v) is 16.1. The summed E-state index contributed by atoms with van der Waals surface area (Å²) >= 11 is 0. The van der Waals surface area contributed by atoms with Crippen LogP contribution in [0.4, 0.5) is 0 Å². The average Bonchev–Trinajstić information content (AvgIpc) is 3.55. The first-order chi connectivity index (χ1) is 29.0. The lowest BCUT2D eigenvalue weighted by atomic mass is 9.77. The Bertz CT molecular complexity index is 3220. The minimum atomic E-state index is -0.191. The van der Waals surface area contributed by atoms with Crippen LogP contribution in [0.5, 0.6) is 0 Å². The van der Waals surface area contributed by atoms with Gasteiger partial charge in [-0.2, -0.15) is 0 Å². The van der Waals surface area contributed by atoms with Crippen LogP contribution in [0.2, 0.25) is 0 Å². The van der Waals surface area contributed by atoms with Gasteiger partial charge in [-0.25, -0.2) is 9.97 Å². The first-order valence-electron chi connectivity index (χ1n) is 20.4. The van der Waals surface area contributed by atoms with E-state index in [-0.39, 0.29) is 5.41 Å². The highest BCUT2D eigenvalue weighted by atomic mass is 14.9. The molecule has 0 amide bonds. The molecule has 0 saturated heterocycles. The van der Waals surface area contributed by atoms with Crippen LogP contribution in [0.15, 0.2) is 206 Å². The summed E-state index contributed by atoms with van der Waals surface area (Å²) in [6.45, 7) is 4.79. The van der Waals surface area contributed by atoms with E-state index in [0.717, 1.165) is 44.6 Å². The van der Waals surface area contributed by atoms with E-state index in [1.807, 2.05) is 6.07 Å². The third-order valence-corrected chi connectivity index (χ3v) is 12.3. The first-order valence-corrected chi connectivity index (χ1v) is 20.4. The van der Waals surface area contributed by atoms with E-state index < -0.39 is 0 Å². The molecule has 0 N–H and O–H groups in total. The van der Waals surface area contributed by atoms with Gasteiger partial charge in [0.15, 0.2) is 5.82 Å². The van der Waals surface area contributed by atoms with Gasteiger partial charge in [0.2, 0.25) is 0 Å². The zero-order chi connectivity index (χ0) is 39.5. The molecular formula is C57H40N2. The highest BCUT2D eigenvalue weighted by Crippen LogP contribution is 2.55. The molecule has 0 fully saturated rings. The van der Waals surface area contributed by atoms with Crippen molar-refractivity contribution in [1.29, 1.82) is 0 Å². The molecule has 1 aliphatic carbocycles. The van der Waals surface area contributed by atoms with Gasteiger partial charge in [-0.3, -0.25) is 0 Å². The Morgan fingerprint density at radius 1 is 0.305 bits per heavy atom. The second-order valence-electron chi connectivity index (χ2n) is 16.1. The summed E-state index contributed by atoms with van der Waals surface area (Å²) in [4.78, 5) is 10.6. The van der Waals surface area contributed by atoms with E-state index in [2.05, 4.69) is 214 Å². The Hall–Kier alpha value is -7.42. The number of benzene rings is 9. The molecule has 10 aromatic rings. The summed E-state index contributed by atoms with van der Waals surface area (Å²) in [5.74, 6) is 0.702. The quantitative estimate of drug-likeness (QED) is 0.169. The maximum atomic E-state index is 5.33. The van der Waals surface area contributed by atoms with E-state index in [1.165, 1.54) is 60.7 Å². The molecule has 9 aromatic carbocycles. The maximum absolute atomic E-state index is 5.33. The van der Waals surface area contributed by atoms with Crippen molar-refractivity contribution in [1.82, 2.24) is 9.97 Å². The number of hydrogen-bond acceptors (Lipinski definition) is 2. The normalized spacial score (nSPS) is 12.7. The van der Waals surface area contributed by atoms with Crippen LogP contribution in [-0.4, -0.2) is 9.97 Å². The summed E-state index contributed by atoms with van der Waals surface area (Å²) in [6.07, 6.45) is 0. The van der Waals surface area contributed by atoms with Gasteiger partial charge in [0, 0.05) is 22.1 Å². The topological polar surface area (TPSA) is 25.8 Å². The molecule has 0 unspecified atom stereocenters. The van der Waals surface area contributed by atoms with E-state index in [9.17, 15) is 0 Å². The van der Waals surface area contributed by atoms with Gasteiger partial charge < -0.3 is 0 Å². The molecule has 0 bridgehead atoms. The minimum Gasteiger partial charge on any atom is -0.228 e. The lowest BCUT2D eigenvalue weighted by molar-refractivity contribution is 0.668. The van der Waals surface area contributed by atoms with Crippen molar-refractivity contribution in [2.75, 3.05) is 0 Å².